The van der Waals surface area contributed by atoms with Gasteiger partial charge in [-0.05, 0) is 25.9 Å². The van der Waals surface area contributed by atoms with E-state index in [1.807, 2.05) is 0 Å². The van der Waals surface area contributed by atoms with Crippen LogP contribution in [0.15, 0.2) is 0 Å². The van der Waals surface area contributed by atoms with Crippen LogP contribution in [-0.4, -0.2) is 49.1 Å². The maximum Gasteiger partial charge on any atom is 0.312 e. The third-order valence-electron chi connectivity index (χ3n) is 2.48. The number of thioether (sulfide) groups is 1. The molecule has 0 spiro atoms. The second-order valence-corrected chi connectivity index (χ2v) is 5.19. The van der Waals surface area contributed by atoms with Gasteiger partial charge in [0.05, 0.1) is 5.75 Å². The van der Waals surface area contributed by atoms with E-state index < -0.39 is 6.03 Å². The SMILES string of the molecule is NC(=O)NCCNC(=O)CSC1CCNCC1. The van der Waals surface area contributed by atoms with Gasteiger partial charge in [0, 0.05) is 18.3 Å². The minimum Gasteiger partial charge on any atom is -0.354 e. The number of hydrogen-bond donors (Lipinski definition) is 4. The van der Waals surface area contributed by atoms with Crippen LogP contribution in [0.5, 0.6) is 0 Å². The second kappa shape index (κ2) is 8.19. The molecule has 0 aromatic carbocycles. The molecule has 98 valence electrons. The minimum absolute atomic E-state index is 0.0137. The average molecular weight is 260 g/mol. The Morgan fingerprint density at radius 2 is 1.88 bits per heavy atom. The molecule has 0 aromatic heterocycles. The maximum atomic E-state index is 11.4. The van der Waals surface area contributed by atoms with Crippen LogP contribution < -0.4 is 21.7 Å². The predicted molar refractivity (Wildman–Crippen MR) is 68.9 cm³/mol. The van der Waals surface area contributed by atoms with Crippen molar-refractivity contribution in [1.29, 1.82) is 0 Å². The van der Waals surface area contributed by atoms with Gasteiger partial charge in [0.25, 0.3) is 0 Å². The Balaban J connectivity index is 1.98. The van der Waals surface area contributed by atoms with Crippen molar-refractivity contribution < 1.29 is 9.59 Å². The number of piperidine rings is 1. The number of nitrogens with two attached hydrogens (primary N) is 1. The van der Waals surface area contributed by atoms with E-state index >= 15 is 0 Å². The summed E-state index contributed by atoms with van der Waals surface area (Å²) in [7, 11) is 0. The zero-order valence-corrected chi connectivity index (χ0v) is 10.6. The predicted octanol–water partition coefficient (Wildman–Crippen LogP) is -0.744. The Hall–Kier alpha value is -0.950. The number of amides is 3. The lowest BCUT2D eigenvalue weighted by Crippen LogP contribution is -2.38. The fourth-order valence-electron chi connectivity index (χ4n) is 1.59. The highest BCUT2D eigenvalue weighted by Crippen LogP contribution is 2.19. The summed E-state index contributed by atoms with van der Waals surface area (Å²) in [6.07, 6.45) is 2.25. The highest BCUT2D eigenvalue weighted by Gasteiger charge is 2.14. The molecule has 0 aliphatic carbocycles. The molecule has 1 fully saturated rings. The van der Waals surface area contributed by atoms with Crippen molar-refractivity contribution in [3.63, 3.8) is 0 Å². The minimum atomic E-state index is -0.566. The maximum absolute atomic E-state index is 11.4. The molecular formula is C10H20N4O2S. The summed E-state index contributed by atoms with van der Waals surface area (Å²) in [4.78, 5) is 21.8. The second-order valence-electron chi connectivity index (χ2n) is 3.90. The zero-order valence-electron chi connectivity index (χ0n) is 9.83. The van der Waals surface area contributed by atoms with Gasteiger partial charge in [0.2, 0.25) is 5.91 Å². The Bertz CT molecular complexity index is 257. The molecule has 1 rings (SSSR count). The molecule has 0 atom stereocenters. The van der Waals surface area contributed by atoms with Gasteiger partial charge in [-0.2, -0.15) is 0 Å². The summed E-state index contributed by atoms with van der Waals surface area (Å²) < 4.78 is 0. The van der Waals surface area contributed by atoms with Crippen LogP contribution in [0.4, 0.5) is 4.79 Å². The topological polar surface area (TPSA) is 96.2 Å². The summed E-state index contributed by atoms with van der Waals surface area (Å²) in [6.45, 7) is 2.89. The third kappa shape index (κ3) is 7.06. The summed E-state index contributed by atoms with van der Waals surface area (Å²) in [5.74, 6) is 0.501. The summed E-state index contributed by atoms with van der Waals surface area (Å²) in [5.41, 5.74) is 4.89. The first-order chi connectivity index (χ1) is 8.18. The molecule has 1 aliphatic rings. The quantitative estimate of drug-likeness (QED) is 0.473. The number of urea groups is 1. The van der Waals surface area contributed by atoms with Crippen LogP contribution in [0.3, 0.4) is 0 Å². The molecule has 1 aliphatic heterocycles. The van der Waals surface area contributed by atoms with E-state index in [4.69, 9.17) is 5.73 Å². The number of rotatable bonds is 6. The van der Waals surface area contributed by atoms with Crippen molar-refractivity contribution in [2.75, 3.05) is 31.9 Å². The molecule has 6 nitrogen and oxygen atoms in total. The van der Waals surface area contributed by atoms with E-state index in [9.17, 15) is 9.59 Å². The first-order valence-corrected chi connectivity index (χ1v) is 6.85. The molecular weight excluding hydrogens is 240 g/mol. The van der Waals surface area contributed by atoms with E-state index in [0.29, 0.717) is 24.1 Å². The van der Waals surface area contributed by atoms with Gasteiger partial charge < -0.3 is 21.7 Å². The van der Waals surface area contributed by atoms with Crippen molar-refractivity contribution in [1.82, 2.24) is 16.0 Å². The van der Waals surface area contributed by atoms with Crippen molar-refractivity contribution in [2.24, 2.45) is 5.73 Å². The first kappa shape index (κ1) is 14.1. The van der Waals surface area contributed by atoms with Crippen molar-refractivity contribution >= 4 is 23.7 Å². The van der Waals surface area contributed by atoms with Crippen LogP contribution in [0.1, 0.15) is 12.8 Å². The third-order valence-corrected chi connectivity index (χ3v) is 3.85. The molecule has 0 saturated carbocycles. The molecule has 0 radical (unpaired) electrons. The molecule has 1 heterocycles. The summed E-state index contributed by atoms with van der Waals surface area (Å²) in [5, 5.41) is 9.02. The average Bonchev–Trinajstić information content (AvgIpc) is 2.33. The number of nitrogens with one attached hydrogen (secondary N) is 3. The van der Waals surface area contributed by atoms with E-state index in [2.05, 4.69) is 16.0 Å². The molecule has 17 heavy (non-hydrogen) atoms. The molecule has 1 saturated heterocycles. The molecule has 0 aromatic rings. The highest BCUT2D eigenvalue weighted by atomic mass is 32.2. The Morgan fingerprint density at radius 3 is 2.53 bits per heavy atom. The van der Waals surface area contributed by atoms with Crippen LogP contribution in [0.2, 0.25) is 0 Å². The largest absolute Gasteiger partial charge is 0.354 e. The van der Waals surface area contributed by atoms with Crippen molar-refractivity contribution in [2.45, 2.75) is 18.1 Å². The molecule has 5 N–H and O–H groups in total. The molecule has 0 unspecified atom stereocenters. The van der Waals surface area contributed by atoms with Crippen LogP contribution in [-0.2, 0) is 4.79 Å². The molecule has 7 heteroatoms. The lowest BCUT2D eigenvalue weighted by molar-refractivity contribution is -0.118. The number of hydrogen-bond acceptors (Lipinski definition) is 4. The van der Waals surface area contributed by atoms with Gasteiger partial charge in [0.15, 0.2) is 0 Å². The lowest BCUT2D eigenvalue weighted by atomic mass is 10.2. The highest BCUT2D eigenvalue weighted by molar-refractivity contribution is 8.00. The van der Waals surface area contributed by atoms with Gasteiger partial charge in [-0.1, -0.05) is 0 Å². The number of carbonyl (C=O) groups is 2. The smallest absolute Gasteiger partial charge is 0.312 e. The van der Waals surface area contributed by atoms with Crippen LogP contribution >= 0.6 is 11.8 Å². The van der Waals surface area contributed by atoms with E-state index in [0.717, 1.165) is 25.9 Å². The lowest BCUT2D eigenvalue weighted by Gasteiger charge is -2.21. The Morgan fingerprint density at radius 1 is 1.24 bits per heavy atom. The fourth-order valence-corrected chi connectivity index (χ4v) is 2.65. The van der Waals surface area contributed by atoms with Crippen LogP contribution in [0, 0.1) is 0 Å². The van der Waals surface area contributed by atoms with Crippen molar-refractivity contribution in [3.8, 4) is 0 Å². The number of primary amides is 1. The van der Waals surface area contributed by atoms with Crippen LogP contribution in [0.25, 0.3) is 0 Å². The van der Waals surface area contributed by atoms with Gasteiger partial charge in [-0.3, -0.25) is 4.79 Å². The first-order valence-electron chi connectivity index (χ1n) is 5.81. The molecule has 0 bridgehead atoms. The van der Waals surface area contributed by atoms with E-state index in [-0.39, 0.29) is 5.91 Å². The standard InChI is InChI=1S/C10H20N4O2S/c11-10(16)14-6-5-13-9(15)7-17-8-1-3-12-4-2-8/h8,12H,1-7H2,(H,13,15)(H3,11,14,16). The zero-order chi connectivity index (χ0) is 12.5. The van der Waals surface area contributed by atoms with Gasteiger partial charge in [-0.15, -0.1) is 11.8 Å². The van der Waals surface area contributed by atoms with Gasteiger partial charge in [-0.25, -0.2) is 4.79 Å². The normalized spacial score (nSPS) is 16.5. The van der Waals surface area contributed by atoms with E-state index in [1.165, 1.54) is 0 Å². The Kier molecular flexibility index (Phi) is 6.80. The monoisotopic (exact) mass is 260 g/mol. The summed E-state index contributed by atoms with van der Waals surface area (Å²) >= 11 is 1.71. The number of carbonyl (C=O) groups excluding carboxylic acids is 2. The fraction of sp³-hybridized carbons (Fsp3) is 0.800. The van der Waals surface area contributed by atoms with Gasteiger partial charge in [0.1, 0.15) is 0 Å². The van der Waals surface area contributed by atoms with E-state index in [1.54, 1.807) is 11.8 Å². The molecule has 3 amide bonds. The van der Waals surface area contributed by atoms with Gasteiger partial charge >= 0.3 is 6.03 Å². The van der Waals surface area contributed by atoms with Crippen molar-refractivity contribution in [3.05, 3.63) is 0 Å². The Labute approximate surface area is 105 Å². The summed E-state index contributed by atoms with van der Waals surface area (Å²) in [6, 6.07) is -0.566.